The molecule has 0 aliphatic rings. The minimum atomic E-state index is -4.01. The molecule has 0 radical (unpaired) electrons. The number of pyridine rings is 1. The quantitative estimate of drug-likeness (QED) is 0.439. The van der Waals surface area contributed by atoms with E-state index in [1.165, 1.54) is 23.5 Å². The van der Waals surface area contributed by atoms with E-state index in [0.29, 0.717) is 16.8 Å². The Balaban J connectivity index is 1.76. The van der Waals surface area contributed by atoms with Crippen molar-refractivity contribution in [1.82, 2.24) is 9.29 Å². The Hall–Kier alpha value is -3.49. The van der Waals surface area contributed by atoms with Crippen molar-refractivity contribution in [2.75, 3.05) is 7.11 Å². The standard InChI is InChI=1S/C25H23FN2O4S/c1-17-3-5-18(6-4-17)15-28(33(30,31)23-11-8-21(26)9-12-23)16-20-13-19-7-10-22(32-2)14-24(19)27-25(20)29/h3-14H,15-16H2,1-2H3,(H,27,29). The van der Waals surface area contributed by atoms with Gasteiger partial charge in [-0.25, -0.2) is 12.8 Å². The van der Waals surface area contributed by atoms with Gasteiger partial charge in [-0.3, -0.25) is 4.79 Å². The molecule has 8 heteroatoms. The summed E-state index contributed by atoms with van der Waals surface area (Å²) in [4.78, 5) is 15.6. The number of aryl methyl sites for hydroxylation is 1. The molecule has 4 rings (SSSR count). The second kappa shape index (κ2) is 9.17. The highest BCUT2D eigenvalue weighted by molar-refractivity contribution is 7.89. The minimum absolute atomic E-state index is 0.0436. The Morgan fingerprint density at radius 1 is 0.939 bits per heavy atom. The van der Waals surface area contributed by atoms with Crippen LogP contribution in [0.2, 0.25) is 0 Å². The molecule has 0 saturated carbocycles. The Morgan fingerprint density at radius 3 is 2.30 bits per heavy atom. The van der Waals surface area contributed by atoms with E-state index in [-0.39, 0.29) is 23.5 Å². The normalized spacial score (nSPS) is 11.8. The highest BCUT2D eigenvalue weighted by Crippen LogP contribution is 2.23. The number of sulfonamides is 1. The van der Waals surface area contributed by atoms with E-state index in [1.54, 1.807) is 24.3 Å². The van der Waals surface area contributed by atoms with Gasteiger partial charge in [0.2, 0.25) is 10.0 Å². The van der Waals surface area contributed by atoms with Crippen LogP contribution in [0.25, 0.3) is 10.9 Å². The summed E-state index contributed by atoms with van der Waals surface area (Å²) in [6.45, 7) is 1.85. The summed E-state index contributed by atoms with van der Waals surface area (Å²) in [5.41, 5.74) is 2.32. The molecule has 0 bridgehead atoms. The first kappa shape index (κ1) is 22.7. The number of methoxy groups -OCH3 is 1. The number of halogens is 1. The minimum Gasteiger partial charge on any atom is -0.497 e. The van der Waals surface area contributed by atoms with Gasteiger partial charge in [-0.05, 0) is 60.3 Å². The summed E-state index contributed by atoms with van der Waals surface area (Å²) in [7, 11) is -2.47. The summed E-state index contributed by atoms with van der Waals surface area (Å²) >= 11 is 0. The van der Waals surface area contributed by atoms with Gasteiger partial charge >= 0.3 is 0 Å². The van der Waals surface area contributed by atoms with Crippen LogP contribution in [0.5, 0.6) is 5.75 Å². The first-order valence-corrected chi connectivity index (χ1v) is 11.7. The molecule has 0 saturated heterocycles. The fraction of sp³-hybridized carbons (Fsp3) is 0.160. The molecular formula is C25H23FN2O4S. The summed E-state index contributed by atoms with van der Waals surface area (Å²) < 4.78 is 46.7. The first-order valence-electron chi connectivity index (χ1n) is 10.3. The molecule has 0 fully saturated rings. The fourth-order valence-electron chi connectivity index (χ4n) is 3.54. The average molecular weight is 467 g/mol. The summed E-state index contributed by atoms with van der Waals surface area (Å²) in [6, 6.07) is 19.1. The van der Waals surface area contributed by atoms with Crippen molar-refractivity contribution in [3.63, 3.8) is 0 Å². The molecule has 170 valence electrons. The van der Waals surface area contributed by atoms with Crippen LogP contribution in [0.4, 0.5) is 4.39 Å². The van der Waals surface area contributed by atoms with Gasteiger partial charge in [-0.2, -0.15) is 4.31 Å². The van der Waals surface area contributed by atoms with E-state index < -0.39 is 15.8 Å². The van der Waals surface area contributed by atoms with E-state index in [2.05, 4.69) is 4.98 Å². The zero-order valence-electron chi connectivity index (χ0n) is 18.2. The van der Waals surface area contributed by atoms with E-state index in [9.17, 15) is 17.6 Å². The van der Waals surface area contributed by atoms with Crippen molar-refractivity contribution in [3.8, 4) is 5.75 Å². The van der Waals surface area contributed by atoms with Gasteiger partial charge in [-0.1, -0.05) is 29.8 Å². The highest BCUT2D eigenvalue weighted by Gasteiger charge is 2.26. The van der Waals surface area contributed by atoms with Crippen molar-refractivity contribution in [2.45, 2.75) is 24.9 Å². The molecule has 0 unspecified atom stereocenters. The molecule has 1 N–H and O–H groups in total. The number of rotatable bonds is 7. The van der Waals surface area contributed by atoms with Gasteiger partial charge < -0.3 is 9.72 Å². The van der Waals surface area contributed by atoms with E-state index in [0.717, 1.165) is 28.6 Å². The maximum Gasteiger partial charge on any atom is 0.252 e. The molecule has 33 heavy (non-hydrogen) atoms. The third-order valence-corrected chi connectivity index (χ3v) is 7.21. The van der Waals surface area contributed by atoms with E-state index in [1.807, 2.05) is 31.2 Å². The SMILES string of the molecule is COc1ccc2cc(CN(Cc3ccc(C)cc3)S(=O)(=O)c3ccc(F)cc3)c(=O)[nH]c2c1. The van der Waals surface area contributed by atoms with Gasteiger partial charge in [0.1, 0.15) is 11.6 Å². The van der Waals surface area contributed by atoms with Crippen LogP contribution >= 0.6 is 0 Å². The lowest BCUT2D eigenvalue weighted by molar-refractivity contribution is 0.399. The zero-order chi connectivity index (χ0) is 23.6. The lowest BCUT2D eigenvalue weighted by atomic mass is 10.1. The number of aromatic nitrogens is 1. The second-order valence-electron chi connectivity index (χ2n) is 7.79. The maximum atomic E-state index is 13.5. The number of nitrogens with one attached hydrogen (secondary N) is 1. The van der Waals surface area contributed by atoms with Crippen molar-refractivity contribution < 1.29 is 17.5 Å². The van der Waals surface area contributed by atoms with Gasteiger partial charge in [-0.15, -0.1) is 0 Å². The molecule has 3 aromatic carbocycles. The Bertz CT molecular complexity index is 1450. The Labute approximate surface area is 191 Å². The lowest BCUT2D eigenvalue weighted by Crippen LogP contribution is -2.32. The monoisotopic (exact) mass is 466 g/mol. The van der Waals surface area contributed by atoms with Gasteiger partial charge in [0, 0.05) is 24.7 Å². The number of aromatic amines is 1. The highest BCUT2D eigenvalue weighted by atomic mass is 32.2. The van der Waals surface area contributed by atoms with Crippen LogP contribution in [-0.4, -0.2) is 24.8 Å². The molecular weight excluding hydrogens is 443 g/mol. The van der Waals surface area contributed by atoms with Gasteiger partial charge in [0.05, 0.1) is 17.5 Å². The van der Waals surface area contributed by atoms with Crippen LogP contribution in [0.3, 0.4) is 0 Å². The number of fused-ring (bicyclic) bond motifs is 1. The molecule has 0 spiro atoms. The summed E-state index contributed by atoms with van der Waals surface area (Å²) in [5.74, 6) is 0.0752. The molecule has 0 aliphatic carbocycles. The fourth-order valence-corrected chi connectivity index (χ4v) is 4.94. The van der Waals surface area contributed by atoms with Gasteiger partial charge in [0.25, 0.3) is 5.56 Å². The smallest absolute Gasteiger partial charge is 0.252 e. The lowest BCUT2D eigenvalue weighted by Gasteiger charge is -2.22. The third-order valence-electron chi connectivity index (χ3n) is 5.41. The molecule has 4 aromatic rings. The number of hydrogen-bond acceptors (Lipinski definition) is 4. The van der Waals surface area contributed by atoms with Crippen molar-refractivity contribution in [2.24, 2.45) is 0 Å². The molecule has 1 aromatic heterocycles. The second-order valence-corrected chi connectivity index (χ2v) is 9.73. The van der Waals surface area contributed by atoms with Gasteiger partial charge in [0.15, 0.2) is 0 Å². The van der Waals surface area contributed by atoms with Crippen LogP contribution in [0.1, 0.15) is 16.7 Å². The molecule has 1 heterocycles. The summed E-state index contributed by atoms with van der Waals surface area (Å²) in [6.07, 6.45) is 0. The van der Waals surface area contributed by atoms with Crippen LogP contribution in [-0.2, 0) is 23.1 Å². The maximum absolute atomic E-state index is 13.5. The zero-order valence-corrected chi connectivity index (χ0v) is 19.0. The van der Waals surface area contributed by atoms with E-state index in [4.69, 9.17) is 4.74 Å². The van der Waals surface area contributed by atoms with E-state index >= 15 is 0 Å². The molecule has 0 atom stereocenters. The average Bonchev–Trinajstić information content (AvgIpc) is 2.80. The summed E-state index contributed by atoms with van der Waals surface area (Å²) in [5, 5.41) is 0.750. The van der Waals surface area contributed by atoms with Crippen LogP contribution in [0, 0.1) is 12.7 Å². The molecule has 0 aliphatic heterocycles. The Kier molecular flexibility index (Phi) is 6.31. The number of nitrogens with zero attached hydrogens (tertiary/aromatic N) is 1. The topological polar surface area (TPSA) is 79.5 Å². The number of H-pyrrole nitrogens is 1. The number of benzene rings is 3. The third kappa shape index (κ3) is 4.97. The predicted molar refractivity (Wildman–Crippen MR) is 125 cm³/mol. The van der Waals surface area contributed by atoms with Crippen LogP contribution in [0.15, 0.2) is 82.5 Å². The van der Waals surface area contributed by atoms with Crippen molar-refractivity contribution in [1.29, 1.82) is 0 Å². The van der Waals surface area contributed by atoms with Crippen LogP contribution < -0.4 is 10.3 Å². The molecule has 0 amide bonds. The first-order chi connectivity index (χ1) is 15.8. The number of ether oxygens (including phenoxy) is 1. The predicted octanol–water partition coefficient (Wildman–Crippen LogP) is 4.38. The van der Waals surface area contributed by atoms with Crippen molar-refractivity contribution in [3.05, 3.63) is 106 Å². The largest absolute Gasteiger partial charge is 0.497 e. The molecule has 6 nitrogen and oxygen atoms in total. The number of hydrogen-bond donors (Lipinski definition) is 1. The Morgan fingerprint density at radius 2 is 1.64 bits per heavy atom. The van der Waals surface area contributed by atoms with Crippen molar-refractivity contribution >= 4 is 20.9 Å².